The molecule has 0 bridgehead atoms. The smallest absolute Gasteiger partial charge is 0.316 e. The molecule has 142 valence electrons. The van der Waals surface area contributed by atoms with Crippen molar-refractivity contribution in [1.29, 1.82) is 0 Å². The van der Waals surface area contributed by atoms with Crippen molar-refractivity contribution in [2.45, 2.75) is 0 Å². The largest absolute Gasteiger partial charge is 0.467 e. The fourth-order valence-corrected chi connectivity index (χ4v) is 2.90. The summed E-state index contributed by atoms with van der Waals surface area (Å²) in [5, 5.41) is 0. The molecule has 3 rings (SSSR count). The number of amides is 1. The second kappa shape index (κ2) is 7.58. The van der Waals surface area contributed by atoms with Gasteiger partial charge in [0.2, 0.25) is 0 Å². The maximum absolute atomic E-state index is 12.2. The second-order valence-corrected chi connectivity index (χ2v) is 6.49. The lowest BCUT2D eigenvalue weighted by Gasteiger charge is -2.24. The molecule has 9 nitrogen and oxygen atoms in total. The fraction of sp³-hybridized carbons (Fsp3) is 0.333. The summed E-state index contributed by atoms with van der Waals surface area (Å²) >= 11 is 0. The van der Waals surface area contributed by atoms with Crippen molar-refractivity contribution in [3.63, 3.8) is 0 Å². The third kappa shape index (κ3) is 3.68. The summed E-state index contributed by atoms with van der Waals surface area (Å²) in [6, 6.07) is 2.19. The molecule has 9 heteroatoms. The highest BCUT2D eigenvalue weighted by atomic mass is 16.5. The van der Waals surface area contributed by atoms with Gasteiger partial charge >= 0.3 is 6.01 Å². The highest BCUT2D eigenvalue weighted by molar-refractivity contribution is 6.12. The molecule has 0 saturated carbocycles. The fourth-order valence-electron chi connectivity index (χ4n) is 2.90. The summed E-state index contributed by atoms with van der Waals surface area (Å²) in [6.07, 6.45) is 4.89. The molecule has 0 atom stereocenters. The summed E-state index contributed by atoms with van der Waals surface area (Å²) in [5.74, 6) is -0.506. The molecule has 0 radical (unpaired) electrons. The van der Waals surface area contributed by atoms with E-state index >= 15 is 0 Å². The van der Waals surface area contributed by atoms with Crippen LogP contribution in [-0.4, -0.2) is 72.1 Å². The lowest BCUT2D eigenvalue weighted by Crippen LogP contribution is -2.30. The zero-order valence-electron chi connectivity index (χ0n) is 15.9. The summed E-state index contributed by atoms with van der Waals surface area (Å²) in [6.45, 7) is 1.56. The number of carbonyl (C=O) groups is 1. The molecule has 0 unspecified atom stereocenters. The second-order valence-electron chi connectivity index (χ2n) is 6.49. The van der Waals surface area contributed by atoms with Gasteiger partial charge in [-0.05, 0) is 20.2 Å². The van der Waals surface area contributed by atoms with Crippen molar-refractivity contribution < 1.29 is 9.53 Å². The molecule has 0 fully saturated rings. The van der Waals surface area contributed by atoms with Gasteiger partial charge in [-0.3, -0.25) is 4.79 Å². The lowest BCUT2D eigenvalue weighted by molar-refractivity contribution is 0.100. The number of methoxy groups -OCH3 is 1. The third-order valence-corrected chi connectivity index (χ3v) is 4.34. The highest BCUT2D eigenvalue weighted by Crippen LogP contribution is 2.35. The lowest BCUT2D eigenvalue weighted by atomic mass is 10.0. The molecule has 3 N–H and O–H groups in total. The van der Waals surface area contributed by atoms with Crippen molar-refractivity contribution >= 4 is 22.6 Å². The average molecular weight is 369 g/mol. The first kappa shape index (κ1) is 18.6. The van der Waals surface area contributed by atoms with E-state index in [0.29, 0.717) is 16.6 Å². The Bertz CT molecular complexity index is 950. The molecule has 0 aliphatic rings. The molecule has 3 aromatic rings. The number of primary amides is 1. The Hall–Kier alpha value is -3.20. The number of anilines is 1. The van der Waals surface area contributed by atoms with E-state index in [1.807, 2.05) is 32.1 Å². The van der Waals surface area contributed by atoms with Gasteiger partial charge in [-0.1, -0.05) is 0 Å². The van der Waals surface area contributed by atoms with E-state index in [2.05, 4.69) is 24.8 Å². The number of likely N-dealkylation sites (N-methyl/N-ethyl adjacent to an activating group) is 2. The van der Waals surface area contributed by atoms with E-state index in [4.69, 9.17) is 10.5 Å². The molecule has 27 heavy (non-hydrogen) atoms. The number of carbonyl (C=O) groups excluding carboxylic acids is 1. The number of hydrogen-bond donors (Lipinski definition) is 2. The van der Waals surface area contributed by atoms with E-state index in [1.165, 1.54) is 7.11 Å². The number of ether oxygens (including phenoxy) is 1. The van der Waals surface area contributed by atoms with E-state index in [-0.39, 0.29) is 6.01 Å². The van der Waals surface area contributed by atoms with Gasteiger partial charge in [-0.2, -0.15) is 0 Å². The third-order valence-electron chi connectivity index (χ3n) is 4.34. The normalized spacial score (nSPS) is 11.1. The van der Waals surface area contributed by atoms with Crippen LogP contribution in [0.4, 0.5) is 5.69 Å². The molecular formula is C18H23N7O2. The van der Waals surface area contributed by atoms with Crippen LogP contribution in [0.3, 0.4) is 0 Å². The molecule has 0 spiro atoms. The van der Waals surface area contributed by atoms with Gasteiger partial charge in [-0.15, -0.1) is 0 Å². The van der Waals surface area contributed by atoms with Crippen LogP contribution in [0.1, 0.15) is 10.4 Å². The van der Waals surface area contributed by atoms with Gasteiger partial charge in [0.15, 0.2) is 0 Å². The Labute approximate surface area is 157 Å². The van der Waals surface area contributed by atoms with E-state index in [1.54, 1.807) is 18.7 Å². The number of nitrogens with one attached hydrogen (secondary N) is 1. The van der Waals surface area contributed by atoms with Crippen molar-refractivity contribution in [2.24, 2.45) is 5.73 Å². The number of rotatable bonds is 7. The van der Waals surface area contributed by atoms with Crippen LogP contribution < -0.4 is 15.4 Å². The highest BCUT2D eigenvalue weighted by Gasteiger charge is 2.21. The van der Waals surface area contributed by atoms with Crippen molar-refractivity contribution in [1.82, 2.24) is 24.8 Å². The minimum atomic E-state index is -0.506. The Kier molecular flexibility index (Phi) is 5.22. The topological polar surface area (TPSA) is 113 Å². The maximum atomic E-state index is 12.2. The van der Waals surface area contributed by atoms with Crippen LogP contribution in [-0.2, 0) is 0 Å². The van der Waals surface area contributed by atoms with Crippen LogP contribution in [0, 0.1) is 0 Å². The molecular weight excluding hydrogens is 346 g/mol. The van der Waals surface area contributed by atoms with Crippen LogP contribution in [0.25, 0.3) is 22.2 Å². The summed E-state index contributed by atoms with van der Waals surface area (Å²) in [4.78, 5) is 32.1. The standard InChI is InChI=1S/C18H23N7O2/c1-24(2)5-6-25(3)13-7-12(11-8-20-18(27-4)21-9-11)15-16(23-10-22-15)14(13)17(19)26/h7-10H,5-6H2,1-4H3,(H2,19,26)(H,22,23). The number of benzene rings is 1. The van der Waals surface area contributed by atoms with E-state index < -0.39 is 5.91 Å². The molecule has 0 aliphatic carbocycles. The quantitative estimate of drug-likeness (QED) is 0.642. The van der Waals surface area contributed by atoms with E-state index in [0.717, 1.165) is 29.9 Å². The number of H-pyrrole nitrogens is 1. The minimum absolute atomic E-state index is 0.286. The SMILES string of the molecule is COc1ncc(-c2cc(N(C)CCN(C)C)c(C(N)=O)c3[nH]cnc23)cn1. The first-order valence-electron chi connectivity index (χ1n) is 8.44. The molecule has 1 aromatic carbocycles. The monoisotopic (exact) mass is 369 g/mol. The Morgan fingerprint density at radius 1 is 1.19 bits per heavy atom. The van der Waals surface area contributed by atoms with Gasteiger partial charge < -0.3 is 25.3 Å². The van der Waals surface area contributed by atoms with Gasteiger partial charge in [0, 0.05) is 43.7 Å². The van der Waals surface area contributed by atoms with Gasteiger partial charge in [0.05, 0.1) is 35.7 Å². The van der Waals surface area contributed by atoms with Crippen LogP contribution in [0.2, 0.25) is 0 Å². The summed E-state index contributed by atoms with van der Waals surface area (Å²) in [7, 11) is 7.45. The summed E-state index contributed by atoms with van der Waals surface area (Å²) < 4.78 is 5.03. The zero-order valence-corrected chi connectivity index (χ0v) is 15.9. The number of hydrogen-bond acceptors (Lipinski definition) is 7. The number of fused-ring (bicyclic) bond motifs is 1. The Morgan fingerprint density at radius 2 is 1.89 bits per heavy atom. The molecule has 1 amide bonds. The molecule has 0 aliphatic heterocycles. The first-order valence-corrected chi connectivity index (χ1v) is 8.44. The van der Waals surface area contributed by atoms with Crippen molar-refractivity contribution in [2.75, 3.05) is 46.2 Å². The summed E-state index contributed by atoms with van der Waals surface area (Å²) in [5.41, 5.74) is 9.66. The number of aromatic nitrogens is 4. The van der Waals surface area contributed by atoms with Gasteiger partial charge in [-0.25, -0.2) is 15.0 Å². The minimum Gasteiger partial charge on any atom is -0.467 e. The maximum Gasteiger partial charge on any atom is 0.316 e. The molecule has 0 saturated heterocycles. The van der Waals surface area contributed by atoms with Gasteiger partial charge in [0.25, 0.3) is 5.91 Å². The van der Waals surface area contributed by atoms with E-state index in [9.17, 15) is 4.79 Å². The zero-order chi connectivity index (χ0) is 19.6. The molecule has 2 heterocycles. The van der Waals surface area contributed by atoms with Crippen LogP contribution >= 0.6 is 0 Å². The number of nitrogens with zero attached hydrogens (tertiary/aromatic N) is 5. The predicted octanol–water partition coefficient (Wildman–Crippen LogP) is 1.13. The van der Waals surface area contributed by atoms with Crippen LogP contribution in [0.5, 0.6) is 6.01 Å². The van der Waals surface area contributed by atoms with Crippen molar-refractivity contribution in [3.05, 3.63) is 30.4 Å². The van der Waals surface area contributed by atoms with Gasteiger partial charge in [0.1, 0.15) is 0 Å². The number of imidazole rings is 1. The Morgan fingerprint density at radius 3 is 2.48 bits per heavy atom. The van der Waals surface area contributed by atoms with Crippen LogP contribution in [0.15, 0.2) is 24.8 Å². The predicted molar refractivity (Wildman–Crippen MR) is 104 cm³/mol. The number of nitrogens with two attached hydrogens (primary N) is 1. The first-order chi connectivity index (χ1) is 12.9. The average Bonchev–Trinajstić information content (AvgIpc) is 3.14. The number of aromatic amines is 1. The Balaban J connectivity index is 2.17. The van der Waals surface area contributed by atoms with Crippen molar-refractivity contribution in [3.8, 4) is 17.1 Å². The molecule has 2 aromatic heterocycles.